The highest BCUT2D eigenvalue weighted by atomic mass is 16.1. The molecule has 34 heavy (non-hydrogen) atoms. The fraction of sp³-hybridized carbons (Fsp3) is 0.192. The summed E-state index contributed by atoms with van der Waals surface area (Å²) in [6, 6.07) is 18.1. The number of imidazole rings is 1. The summed E-state index contributed by atoms with van der Waals surface area (Å²) in [7, 11) is 0. The Morgan fingerprint density at radius 2 is 1.82 bits per heavy atom. The van der Waals surface area contributed by atoms with Gasteiger partial charge in [0.25, 0.3) is 0 Å². The van der Waals surface area contributed by atoms with E-state index >= 15 is 0 Å². The van der Waals surface area contributed by atoms with Crippen LogP contribution in [0.4, 0.5) is 0 Å². The zero-order valence-electron chi connectivity index (χ0n) is 19.1. The van der Waals surface area contributed by atoms with E-state index in [1.165, 1.54) is 0 Å². The Morgan fingerprint density at radius 3 is 2.56 bits per heavy atom. The van der Waals surface area contributed by atoms with E-state index in [4.69, 9.17) is 0 Å². The highest BCUT2D eigenvalue weighted by molar-refractivity contribution is 5.79. The first-order valence-corrected chi connectivity index (χ1v) is 11.3. The average molecular weight is 452 g/mol. The van der Waals surface area contributed by atoms with Gasteiger partial charge in [0, 0.05) is 29.8 Å². The number of benzene rings is 2. The largest absolute Gasteiger partial charge is 0.333 e. The standard InChI is InChI=1S/C26H25N7O/c1-3-6-21-17-33(24-8-5-4-7-18(24)2)26(34)32(21)16-19-9-11-20(12-10-19)22-13-14-27-15-23(22)25-28-30-31-29-25/h4-5,7-15,17H,3,6,16H2,1-2H3,(H,28,29,30,31). The van der Waals surface area contributed by atoms with Crippen LogP contribution < -0.4 is 5.69 Å². The highest BCUT2D eigenvalue weighted by Crippen LogP contribution is 2.29. The predicted molar refractivity (Wildman–Crippen MR) is 131 cm³/mol. The molecule has 0 unspecified atom stereocenters. The van der Waals surface area contributed by atoms with Crippen molar-refractivity contribution in [2.45, 2.75) is 33.2 Å². The van der Waals surface area contributed by atoms with Crippen molar-refractivity contribution >= 4 is 0 Å². The maximum atomic E-state index is 13.4. The molecule has 0 saturated heterocycles. The fourth-order valence-electron chi connectivity index (χ4n) is 4.23. The van der Waals surface area contributed by atoms with E-state index in [1.807, 2.05) is 48.0 Å². The van der Waals surface area contributed by atoms with Crippen molar-refractivity contribution < 1.29 is 0 Å². The maximum absolute atomic E-state index is 13.4. The van der Waals surface area contributed by atoms with Gasteiger partial charge in [0.2, 0.25) is 5.82 Å². The zero-order chi connectivity index (χ0) is 23.5. The molecule has 3 aromatic heterocycles. The smallest absolute Gasteiger partial charge is 0.292 e. The zero-order valence-corrected chi connectivity index (χ0v) is 19.1. The molecule has 0 aliphatic heterocycles. The number of rotatable bonds is 7. The minimum Gasteiger partial charge on any atom is -0.292 e. The Balaban J connectivity index is 1.48. The van der Waals surface area contributed by atoms with E-state index in [-0.39, 0.29) is 5.69 Å². The quantitative estimate of drug-likeness (QED) is 0.400. The van der Waals surface area contributed by atoms with Crippen LogP contribution in [0.2, 0.25) is 0 Å². The molecule has 0 aliphatic rings. The molecule has 8 nitrogen and oxygen atoms in total. The number of aromatic nitrogens is 7. The Hall–Kier alpha value is -4.33. The summed E-state index contributed by atoms with van der Waals surface area (Å²) >= 11 is 0. The van der Waals surface area contributed by atoms with Crippen LogP contribution in [0, 0.1) is 6.92 Å². The molecule has 0 saturated carbocycles. The van der Waals surface area contributed by atoms with Crippen LogP contribution in [-0.2, 0) is 13.0 Å². The maximum Gasteiger partial charge on any atom is 0.333 e. The van der Waals surface area contributed by atoms with Crippen molar-refractivity contribution in [2.75, 3.05) is 0 Å². The number of aryl methyl sites for hydroxylation is 2. The van der Waals surface area contributed by atoms with Gasteiger partial charge in [-0.05, 0) is 52.9 Å². The number of H-pyrrole nitrogens is 1. The van der Waals surface area contributed by atoms with Gasteiger partial charge in [-0.15, -0.1) is 10.2 Å². The van der Waals surface area contributed by atoms with E-state index in [2.05, 4.69) is 56.8 Å². The molecule has 0 bridgehead atoms. The van der Waals surface area contributed by atoms with Crippen molar-refractivity contribution in [3.05, 3.63) is 100 Å². The monoisotopic (exact) mass is 451 g/mol. The average Bonchev–Trinajstić information content (AvgIpc) is 3.50. The molecule has 3 heterocycles. The fourth-order valence-corrected chi connectivity index (χ4v) is 4.23. The molecule has 170 valence electrons. The summed E-state index contributed by atoms with van der Waals surface area (Å²) in [5, 5.41) is 14.3. The van der Waals surface area contributed by atoms with Gasteiger partial charge in [0.05, 0.1) is 12.2 Å². The third kappa shape index (κ3) is 4.05. The summed E-state index contributed by atoms with van der Waals surface area (Å²) in [5.74, 6) is 0.500. The number of nitrogens with zero attached hydrogens (tertiary/aromatic N) is 6. The van der Waals surface area contributed by atoms with Gasteiger partial charge in [0.1, 0.15) is 0 Å². The summed E-state index contributed by atoms with van der Waals surface area (Å²) in [6.45, 7) is 4.67. The summed E-state index contributed by atoms with van der Waals surface area (Å²) in [5.41, 5.74) is 6.86. The number of nitrogens with one attached hydrogen (secondary N) is 1. The minimum absolute atomic E-state index is 0.0182. The second-order valence-electron chi connectivity index (χ2n) is 8.25. The van der Waals surface area contributed by atoms with Crippen LogP contribution in [0.25, 0.3) is 28.2 Å². The Labute approximate surface area is 196 Å². The number of para-hydroxylation sites is 1. The normalized spacial score (nSPS) is 11.1. The topological polar surface area (TPSA) is 94.3 Å². The van der Waals surface area contributed by atoms with Crippen molar-refractivity contribution in [1.82, 2.24) is 34.7 Å². The van der Waals surface area contributed by atoms with Crippen LogP contribution in [0.15, 0.2) is 78.0 Å². The highest BCUT2D eigenvalue weighted by Gasteiger charge is 2.15. The van der Waals surface area contributed by atoms with Gasteiger partial charge >= 0.3 is 5.69 Å². The lowest BCUT2D eigenvalue weighted by molar-refractivity contribution is 0.691. The summed E-state index contributed by atoms with van der Waals surface area (Å²) in [6.07, 6.45) is 7.28. The third-order valence-corrected chi connectivity index (χ3v) is 5.96. The van der Waals surface area contributed by atoms with E-state index in [0.717, 1.165) is 52.0 Å². The van der Waals surface area contributed by atoms with Crippen molar-refractivity contribution in [3.63, 3.8) is 0 Å². The van der Waals surface area contributed by atoms with Gasteiger partial charge in [-0.1, -0.05) is 55.8 Å². The lowest BCUT2D eigenvalue weighted by atomic mass is 10.00. The number of hydrogen-bond acceptors (Lipinski definition) is 5. The second-order valence-corrected chi connectivity index (χ2v) is 8.25. The second kappa shape index (κ2) is 9.27. The predicted octanol–water partition coefficient (Wildman–Crippen LogP) is 4.19. The summed E-state index contributed by atoms with van der Waals surface area (Å²) < 4.78 is 3.64. The first-order valence-electron chi connectivity index (χ1n) is 11.3. The third-order valence-electron chi connectivity index (χ3n) is 5.96. The van der Waals surface area contributed by atoms with Gasteiger partial charge < -0.3 is 0 Å². The molecular formula is C26H25N7O. The summed E-state index contributed by atoms with van der Waals surface area (Å²) in [4.78, 5) is 17.6. The lowest BCUT2D eigenvalue weighted by Crippen LogP contribution is -2.25. The molecule has 0 aliphatic carbocycles. The molecular weight excluding hydrogens is 426 g/mol. The molecule has 5 rings (SSSR count). The molecule has 8 heteroatoms. The van der Waals surface area contributed by atoms with Gasteiger partial charge in [-0.2, -0.15) is 5.21 Å². The first-order chi connectivity index (χ1) is 16.7. The molecule has 0 amide bonds. The Kier molecular flexibility index (Phi) is 5.86. The van der Waals surface area contributed by atoms with E-state index in [1.54, 1.807) is 17.0 Å². The molecule has 1 N–H and O–H groups in total. The number of aromatic amines is 1. The van der Waals surface area contributed by atoms with Crippen LogP contribution >= 0.6 is 0 Å². The van der Waals surface area contributed by atoms with Crippen molar-refractivity contribution in [1.29, 1.82) is 0 Å². The number of pyridine rings is 1. The van der Waals surface area contributed by atoms with Crippen LogP contribution in [0.3, 0.4) is 0 Å². The molecule has 2 aromatic carbocycles. The van der Waals surface area contributed by atoms with Crippen molar-refractivity contribution in [2.24, 2.45) is 0 Å². The Bertz CT molecular complexity index is 1460. The number of tetrazole rings is 1. The van der Waals surface area contributed by atoms with Gasteiger partial charge in [-0.3, -0.25) is 14.1 Å². The Morgan fingerprint density at radius 1 is 1.00 bits per heavy atom. The lowest BCUT2D eigenvalue weighted by Gasteiger charge is -2.10. The van der Waals surface area contributed by atoms with E-state index in [9.17, 15) is 4.79 Å². The molecule has 5 aromatic rings. The minimum atomic E-state index is -0.0182. The van der Waals surface area contributed by atoms with Gasteiger partial charge in [0.15, 0.2) is 0 Å². The molecule has 0 spiro atoms. The van der Waals surface area contributed by atoms with E-state index in [0.29, 0.717) is 12.4 Å². The molecule has 0 fully saturated rings. The molecule has 0 atom stereocenters. The van der Waals surface area contributed by atoms with Crippen LogP contribution in [-0.4, -0.2) is 34.7 Å². The SMILES string of the molecule is CCCc1cn(-c2ccccc2C)c(=O)n1Cc1ccc(-c2ccncc2-c2nn[nH]n2)cc1. The van der Waals surface area contributed by atoms with Crippen molar-refractivity contribution in [3.8, 4) is 28.2 Å². The van der Waals surface area contributed by atoms with E-state index < -0.39 is 0 Å². The van der Waals surface area contributed by atoms with Crippen LogP contribution in [0.1, 0.15) is 30.2 Å². The first kappa shape index (κ1) is 21.5. The van der Waals surface area contributed by atoms with Gasteiger partial charge in [-0.25, -0.2) is 4.79 Å². The number of hydrogen-bond donors (Lipinski definition) is 1. The van der Waals surface area contributed by atoms with Crippen LogP contribution in [0.5, 0.6) is 0 Å². The molecule has 0 radical (unpaired) electrons.